The van der Waals surface area contributed by atoms with Crippen molar-refractivity contribution in [3.05, 3.63) is 42.0 Å². The molecule has 0 bridgehead atoms. The van der Waals surface area contributed by atoms with Crippen LogP contribution in [0.5, 0.6) is 0 Å². The number of nitrogens with one attached hydrogen (secondary N) is 1. The van der Waals surface area contributed by atoms with Gasteiger partial charge in [-0.3, -0.25) is 4.79 Å². The molecule has 0 radical (unpaired) electrons. The van der Waals surface area contributed by atoms with E-state index in [4.69, 9.17) is 0 Å². The van der Waals surface area contributed by atoms with Crippen LogP contribution in [0.15, 0.2) is 36.4 Å². The van der Waals surface area contributed by atoms with E-state index >= 15 is 0 Å². The highest BCUT2D eigenvalue weighted by Crippen LogP contribution is 2.25. The van der Waals surface area contributed by atoms with Crippen LogP contribution in [0.25, 0.3) is 11.3 Å². The number of aromatic nitrogens is 2. The first-order valence-corrected chi connectivity index (χ1v) is 11.4. The van der Waals surface area contributed by atoms with Crippen LogP contribution >= 0.6 is 0 Å². The van der Waals surface area contributed by atoms with Gasteiger partial charge in [0.15, 0.2) is 5.82 Å². The summed E-state index contributed by atoms with van der Waals surface area (Å²) in [6, 6.07) is 12.3. The van der Waals surface area contributed by atoms with Crippen molar-refractivity contribution < 1.29 is 4.79 Å². The summed E-state index contributed by atoms with van der Waals surface area (Å²) >= 11 is 0. The first kappa shape index (κ1) is 20.8. The second-order valence-electron chi connectivity index (χ2n) is 8.57. The minimum atomic E-state index is 0.0259. The number of carbonyl (C=O) groups is 1. The maximum Gasteiger partial charge on any atom is 0.224 e. The van der Waals surface area contributed by atoms with E-state index in [0.29, 0.717) is 6.54 Å². The molecule has 1 atom stereocenters. The Kier molecular flexibility index (Phi) is 6.95. The number of amides is 1. The minimum absolute atomic E-state index is 0.0259. The Morgan fingerprint density at radius 1 is 1.03 bits per heavy atom. The number of aryl methyl sites for hydroxylation is 1. The van der Waals surface area contributed by atoms with Gasteiger partial charge in [0.2, 0.25) is 5.91 Å². The molecule has 0 saturated carbocycles. The van der Waals surface area contributed by atoms with Gasteiger partial charge in [-0.05, 0) is 63.4 Å². The van der Waals surface area contributed by atoms with Crippen molar-refractivity contribution in [1.29, 1.82) is 0 Å². The molecule has 0 aliphatic carbocycles. The van der Waals surface area contributed by atoms with E-state index < -0.39 is 0 Å². The molecule has 3 heterocycles. The van der Waals surface area contributed by atoms with Crippen molar-refractivity contribution in [2.45, 2.75) is 39.0 Å². The second kappa shape index (κ2) is 10.0. The number of hydrogen-bond acceptors (Lipinski definition) is 5. The Bertz CT molecular complexity index is 832. The highest BCUT2D eigenvalue weighted by atomic mass is 16.1. The zero-order valence-corrected chi connectivity index (χ0v) is 18.0. The Balaban J connectivity index is 1.31. The number of hydrogen-bond donors (Lipinski definition) is 1. The number of nitrogens with zero attached hydrogens (tertiary/aromatic N) is 4. The van der Waals surface area contributed by atoms with E-state index in [0.717, 1.165) is 49.6 Å². The molecule has 2 aliphatic rings. The lowest BCUT2D eigenvalue weighted by atomic mass is 9.97. The van der Waals surface area contributed by atoms with Crippen LogP contribution < -0.4 is 10.2 Å². The standard InChI is InChI=1S/C24H33N5O/c1-19-8-3-4-10-21(19)22-11-12-23(27-26-22)29-16-7-9-20(18-29)24(30)25-13-17-28-14-5-2-6-15-28/h3-4,8,10-12,20H,2,5-7,9,13-18H2,1H3,(H,25,30). The van der Waals surface area contributed by atoms with E-state index in [1.807, 2.05) is 24.3 Å². The Morgan fingerprint density at radius 3 is 2.63 bits per heavy atom. The summed E-state index contributed by atoms with van der Waals surface area (Å²) < 4.78 is 0. The molecular weight excluding hydrogens is 374 g/mol. The zero-order chi connectivity index (χ0) is 20.8. The third kappa shape index (κ3) is 5.17. The number of likely N-dealkylation sites (tertiary alicyclic amines) is 1. The first-order chi connectivity index (χ1) is 14.7. The van der Waals surface area contributed by atoms with Crippen LogP contribution in [0.4, 0.5) is 5.82 Å². The number of benzene rings is 1. The summed E-state index contributed by atoms with van der Waals surface area (Å²) in [5.74, 6) is 1.07. The number of rotatable bonds is 6. The van der Waals surface area contributed by atoms with Gasteiger partial charge in [-0.1, -0.05) is 30.7 Å². The highest BCUT2D eigenvalue weighted by Gasteiger charge is 2.26. The van der Waals surface area contributed by atoms with Crippen LogP contribution in [0.1, 0.15) is 37.7 Å². The van der Waals surface area contributed by atoms with Gasteiger partial charge in [-0.2, -0.15) is 0 Å². The summed E-state index contributed by atoms with van der Waals surface area (Å²) in [5.41, 5.74) is 3.20. The Hall–Kier alpha value is -2.47. The summed E-state index contributed by atoms with van der Waals surface area (Å²) in [5, 5.41) is 12.1. The van der Waals surface area contributed by atoms with Gasteiger partial charge in [0.25, 0.3) is 0 Å². The smallest absolute Gasteiger partial charge is 0.224 e. The van der Waals surface area contributed by atoms with Crippen LogP contribution in [-0.4, -0.2) is 60.3 Å². The van der Waals surface area contributed by atoms with E-state index in [9.17, 15) is 4.79 Å². The van der Waals surface area contributed by atoms with Crippen LogP contribution in [0.3, 0.4) is 0 Å². The van der Waals surface area contributed by atoms with E-state index in [-0.39, 0.29) is 11.8 Å². The molecule has 4 rings (SSSR count). The molecule has 1 aromatic heterocycles. The molecule has 6 heteroatoms. The number of carbonyl (C=O) groups excluding carboxylic acids is 1. The lowest BCUT2D eigenvalue weighted by Gasteiger charge is -2.33. The molecule has 2 aliphatic heterocycles. The van der Waals surface area contributed by atoms with Crippen molar-refractivity contribution in [1.82, 2.24) is 20.4 Å². The van der Waals surface area contributed by atoms with Gasteiger partial charge in [0.05, 0.1) is 11.6 Å². The number of piperidine rings is 2. The fraction of sp³-hybridized carbons (Fsp3) is 0.542. The minimum Gasteiger partial charge on any atom is -0.355 e. The lowest BCUT2D eigenvalue weighted by molar-refractivity contribution is -0.125. The fourth-order valence-electron chi connectivity index (χ4n) is 4.56. The largest absolute Gasteiger partial charge is 0.355 e. The summed E-state index contributed by atoms with van der Waals surface area (Å²) in [6.45, 7) is 7.79. The fourth-order valence-corrected chi connectivity index (χ4v) is 4.56. The molecule has 1 aromatic carbocycles. The predicted octanol–water partition coefficient (Wildman–Crippen LogP) is 3.27. The predicted molar refractivity (Wildman–Crippen MR) is 120 cm³/mol. The summed E-state index contributed by atoms with van der Waals surface area (Å²) in [6.07, 6.45) is 5.87. The second-order valence-corrected chi connectivity index (χ2v) is 8.57. The molecule has 0 spiro atoms. The molecule has 2 aromatic rings. The molecule has 1 N–H and O–H groups in total. The van der Waals surface area contributed by atoms with Gasteiger partial charge in [0, 0.05) is 31.7 Å². The van der Waals surface area contributed by atoms with Crippen molar-refractivity contribution in [2.24, 2.45) is 5.92 Å². The summed E-state index contributed by atoms with van der Waals surface area (Å²) in [7, 11) is 0. The van der Waals surface area contributed by atoms with Crippen molar-refractivity contribution in [3.8, 4) is 11.3 Å². The highest BCUT2D eigenvalue weighted by molar-refractivity contribution is 5.79. The van der Waals surface area contributed by atoms with E-state index in [1.54, 1.807) is 0 Å². The van der Waals surface area contributed by atoms with Crippen molar-refractivity contribution >= 4 is 11.7 Å². The molecule has 6 nitrogen and oxygen atoms in total. The zero-order valence-electron chi connectivity index (χ0n) is 18.0. The molecular formula is C24H33N5O. The van der Waals surface area contributed by atoms with Gasteiger partial charge in [0.1, 0.15) is 0 Å². The quantitative estimate of drug-likeness (QED) is 0.796. The number of anilines is 1. The monoisotopic (exact) mass is 407 g/mol. The average Bonchev–Trinajstić information content (AvgIpc) is 2.80. The Labute approximate surface area is 179 Å². The maximum atomic E-state index is 12.7. The van der Waals surface area contributed by atoms with Gasteiger partial charge < -0.3 is 15.1 Å². The van der Waals surface area contributed by atoms with E-state index in [2.05, 4.69) is 44.4 Å². The third-order valence-electron chi connectivity index (χ3n) is 6.36. The van der Waals surface area contributed by atoms with Crippen molar-refractivity contribution in [2.75, 3.05) is 44.2 Å². The molecule has 1 amide bonds. The summed E-state index contributed by atoms with van der Waals surface area (Å²) in [4.78, 5) is 17.4. The molecule has 2 fully saturated rings. The average molecular weight is 408 g/mol. The Morgan fingerprint density at radius 2 is 1.87 bits per heavy atom. The van der Waals surface area contributed by atoms with Gasteiger partial charge in [-0.25, -0.2) is 0 Å². The lowest BCUT2D eigenvalue weighted by Crippen LogP contribution is -2.45. The third-order valence-corrected chi connectivity index (χ3v) is 6.36. The van der Waals surface area contributed by atoms with Gasteiger partial charge in [-0.15, -0.1) is 10.2 Å². The SMILES string of the molecule is Cc1ccccc1-c1ccc(N2CCCC(C(=O)NCCN3CCCCC3)C2)nn1. The maximum absolute atomic E-state index is 12.7. The molecule has 160 valence electrons. The first-order valence-electron chi connectivity index (χ1n) is 11.4. The molecule has 1 unspecified atom stereocenters. The van der Waals surface area contributed by atoms with Crippen LogP contribution in [0.2, 0.25) is 0 Å². The van der Waals surface area contributed by atoms with Crippen LogP contribution in [-0.2, 0) is 4.79 Å². The van der Waals surface area contributed by atoms with Crippen molar-refractivity contribution in [3.63, 3.8) is 0 Å². The molecule has 30 heavy (non-hydrogen) atoms. The normalized spacial score (nSPS) is 20.2. The van der Waals surface area contributed by atoms with Gasteiger partial charge >= 0.3 is 0 Å². The topological polar surface area (TPSA) is 61.4 Å². The molecule has 2 saturated heterocycles. The van der Waals surface area contributed by atoms with E-state index in [1.165, 1.54) is 37.9 Å². The van der Waals surface area contributed by atoms with Crippen LogP contribution in [0, 0.1) is 12.8 Å².